The SMILES string of the molecule is CCc1nc(C2CCCN2C(=O)C2CC(=O)Nc3ccccc32)no1. The summed E-state index contributed by atoms with van der Waals surface area (Å²) in [6, 6.07) is 7.32. The first-order chi connectivity index (χ1) is 12.2. The predicted octanol–water partition coefficient (Wildman–Crippen LogP) is 2.42. The molecule has 7 nitrogen and oxygen atoms in total. The lowest BCUT2D eigenvalue weighted by Crippen LogP contribution is -2.38. The second kappa shape index (κ2) is 6.31. The topological polar surface area (TPSA) is 88.3 Å². The van der Waals surface area contributed by atoms with E-state index in [0.29, 0.717) is 24.7 Å². The van der Waals surface area contributed by atoms with Crippen LogP contribution < -0.4 is 5.32 Å². The Labute approximate surface area is 145 Å². The number of amides is 2. The van der Waals surface area contributed by atoms with Gasteiger partial charge in [-0.25, -0.2) is 0 Å². The number of rotatable bonds is 3. The van der Waals surface area contributed by atoms with Crippen LogP contribution in [0.25, 0.3) is 0 Å². The molecule has 4 rings (SSSR count). The van der Waals surface area contributed by atoms with E-state index in [9.17, 15) is 9.59 Å². The van der Waals surface area contributed by atoms with E-state index in [0.717, 1.165) is 24.1 Å². The number of hydrogen-bond acceptors (Lipinski definition) is 5. The quantitative estimate of drug-likeness (QED) is 0.927. The second-order valence-electron chi connectivity index (χ2n) is 6.48. The highest BCUT2D eigenvalue weighted by Gasteiger charge is 2.39. The van der Waals surface area contributed by atoms with Crippen molar-refractivity contribution in [1.29, 1.82) is 0 Å². The molecule has 130 valence electrons. The lowest BCUT2D eigenvalue weighted by atomic mass is 9.89. The summed E-state index contributed by atoms with van der Waals surface area (Å²) in [6.45, 7) is 2.60. The molecule has 1 aromatic carbocycles. The molecule has 2 aliphatic rings. The highest BCUT2D eigenvalue weighted by molar-refractivity contribution is 6.01. The van der Waals surface area contributed by atoms with Crippen LogP contribution in [-0.4, -0.2) is 33.4 Å². The number of aromatic nitrogens is 2. The van der Waals surface area contributed by atoms with Gasteiger partial charge in [0.2, 0.25) is 17.7 Å². The first kappa shape index (κ1) is 15.8. The monoisotopic (exact) mass is 340 g/mol. The number of aryl methyl sites for hydroxylation is 1. The summed E-state index contributed by atoms with van der Waals surface area (Å²) in [5, 5.41) is 6.89. The molecule has 0 bridgehead atoms. The molecule has 0 saturated carbocycles. The molecule has 2 unspecified atom stereocenters. The Balaban J connectivity index is 1.63. The number of para-hydroxylation sites is 1. The molecule has 0 spiro atoms. The number of hydrogen-bond donors (Lipinski definition) is 1. The summed E-state index contributed by atoms with van der Waals surface area (Å²) in [7, 11) is 0. The van der Waals surface area contributed by atoms with Crippen molar-refractivity contribution in [2.45, 2.75) is 44.6 Å². The van der Waals surface area contributed by atoms with E-state index >= 15 is 0 Å². The van der Waals surface area contributed by atoms with E-state index in [-0.39, 0.29) is 24.3 Å². The molecule has 25 heavy (non-hydrogen) atoms. The fraction of sp³-hybridized carbons (Fsp3) is 0.444. The second-order valence-corrected chi connectivity index (χ2v) is 6.48. The van der Waals surface area contributed by atoms with Gasteiger partial charge in [-0.1, -0.05) is 30.3 Å². The molecule has 0 aliphatic carbocycles. The van der Waals surface area contributed by atoms with E-state index in [4.69, 9.17) is 4.52 Å². The zero-order chi connectivity index (χ0) is 17.4. The van der Waals surface area contributed by atoms with Gasteiger partial charge in [-0.05, 0) is 24.5 Å². The molecular weight excluding hydrogens is 320 g/mol. The Hall–Kier alpha value is -2.70. The van der Waals surface area contributed by atoms with Crippen molar-refractivity contribution in [1.82, 2.24) is 15.0 Å². The summed E-state index contributed by atoms with van der Waals surface area (Å²) in [5.74, 6) is 0.532. The molecular formula is C18H20N4O3. The molecule has 1 fully saturated rings. The maximum atomic E-state index is 13.2. The highest BCUT2D eigenvalue weighted by atomic mass is 16.5. The van der Waals surface area contributed by atoms with Gasteiger partial charge in [0.05, 0.1) is 12.0 Å². The van der Waals surface area contributed by atoms with E-state index in [1.165, 1.54) is 0 Å². The average molecular weight is 340 g/mol. The molecule has 2 aromatic rings. The molecule has 1 N–H and O–H groups in total. The van der Waals surface area contributed by atoms with Crippen molar-refractivity contribution in [3.63, 3.8) is 0 Å². The van der Waals surface area contributed by atoms with Crippen LogP contribution in [0.5, 0.6) is 0 Å². The van der Waals surface area contributed by atoms with E-state index < -0.39 is 5.92 Å². The normalized spacial score (nSPS) is 22.6. The molecule has 1 aromatic heterocycles. The van der Waals surface area contributed by atoms with Crippen molar-refractivity contribution >= 4 is 17.5 Å². The van der Waals surface area contributed by atoms with E-state index in [1.807, 2.05) is 36.1 Å². The van der Waals surface area contributed by atoms with Crippen molar-refractivity contribution < 1.29 is 14.1 Å². The van der Waals surface area contributed by atoms with Gasteiger partial charge < -0.3 is 14.7 Å². The van der Waals surface area contributed by atoms with E-state index in [1.54, 1.807) is 0 Å². The first-order valence-electron chi connectivity index (χ1n) is 8.69. The van der Waals surface area contributed by atoms with Crippen LogP contribution in [0, 0.1) is 0 Å². The van der Waals surface area contributed by atoms with Crippen molar-refractivity contribution in [2.75, 3.05) is 11.9 Å². The Morgan fingerprint density at radius 1 is 1.40 bits per heavy atom. The van der Waals surface area contributed by atoms with Crippen LogP contribution >= 0.6 is 0 Å². The summed E-state index contributed by atoms with van der Waals surface area (Å²) in [4.78, 5) is 31.5. The smallest absolute Gasteiger partial charge is 0.231 e. The maximum Gasteiger partial charge on any atom is 0.231 e. The molecule has 2 aliphatic heterocycles. The highest BCUT2D eigenvalue weighted by Crippen LogP contribution is 2.38. The number of benzene rings is 1. The van der Waals surface area contributed by atoms with Gasteiger partial charge in [0.15, 0.2) is 5.82 Å². The minimum atomic E-state index is -0.455. The van der Waals surface area contributed by atoms with Crippen molar-refractivity contribution in [2.24, 2.45) is 0 Å². The number of nitrogens with zero attached hydrogens (tertiary/aromatic N) is 3. The van der Waals surface area contributed by atoms with Gasteiger partial charge in [0, 0.05) is 25.1 Å². The summed E-state index contributed by atoms with van der Waals surface area (Å²) < 4.78 is 5.21. The molecule has 2 atom stereocenters. The Morgan fingerprint density at radius 3 is 3.04 bits per heavy atom. The minimum Gasteiger partial charge on any atom is -0.339 e. The molecule has 3 heterocycles. The van der Waals surface area contributed by atoms with Crippen molar-refractivity contribution in [3.05, 3.63) is 41.5 Å². The Morgan fingerprint density at radius 2 is 2.24 bits per heavy atom. The van der Waals surface area contributed by atoms with Crippen LogP contribution in [0.1, 0.15) is 55.4 Å². The summed E-state index contributed by atoms with van der Waals surface area (Å²) in [6.07, 6.45) is 2.55. The zero-order valence-corrected chi connectivity index (χ0v) is 14.1. The van der Waals surface area contributed by atoms with Crippen LogP contribution in [0.2, 0.25) is 0 Å². The maximum absolute atomic E-state index is 13.2. The Kier molecular flexibility index (Phi) is 3.99. The Bertz CT molecular complexity index is 816. The molecule has 7 heteroatoms. The third-order valence-corrected chi connectivity index (χ3v) is 4.92. The number of anilines is 1. The summed E-state index contributed by atoms with van der Waals surface area (Å²) >= 11 is 0. The van der Waals surface area contributed by atoms with Gasteiger partial charge in [-0.3, -0.25) is 9.59 Å². The number of nitrogens with one attached hydrogen (secondary N) is 1. The van der Waals surface area contributed by atoms with Crippen LogP contribution in [0.3, 0.4) is 0 Å². The lowest BCUT2D eigenvalue weighted by Gasteiger charge is -2.30. The van der Waals surface area contributed by atoms with Gasteiger partial charge in [-0.15, -0.1) is 0 Å². The molecule has 2 amide bonds. The van der Waals surface area contributed by atoms with Gasteiger partial charge >= 0.3 is 0 Å². The fourth-order valence-corrected chi connectivity index (χ4v) is 3.68. The van der Waals surface area contributed by atoms with E-state index in [2.05, 4.69) is 15.5 Å². The summed E-state index contributed by atoms with van der Waals surface area (Å²) in [5.41, 5.74) is 1.60. The van der Waals surface area contributed by atoms with Gasteiger partial charge in [-0.2, -0.15) is 4.98 Å². The number of carbonyl (C=O) groups excluding carboxylic acids is 2. The van der Waals surface area contributed by atoms with Gasteiger partial charge in [0.25, 0.3) is 0 Å². The number of carbonyl (C=O) groups is 2. The number of fused-ring (bicyclic) bond motifs is 1. The first-order valence-corrected chi connectivity index (χ1v) is 8.69. The molecule has 1 saturated heterocycles. The van der Waals surface area contributed by atoms with Crippen LogP contribution in [0.4, 0.5) is 5.69 Å². The minimum absolute atomic E-state index is 0.0346. The van der Waals surface area contributed by atoms with Crippen LogP contribution in [-0.2, 0) is 16.0 Å². The zero-order valence-electron chi connectivity index (χ0n) is 14.1. The number of likely N-dealkylation sites (tertiary alicyclic amines) is 1. The third-order valence-electron chi connectivity index (χ3n) is 4.92. The largest absolute Gasteiger partial charge is 0.339 e. The average Bonchev–Trinajstić information content (AvgIpc) is 3.29. The van der Waals surface area contributed by atoms with Gasteiger partial charge in [0.1, 0.15) is 0 Å². The predicted molar refractivity (Wildman–Crippen MR) is 89.8 cm³/mol. The van der Waals surface area contributed by atoms with Crippen molar-refractivity contribution in [3.8, 4) is 0 Å². The fourth-order valence-electron chi connectivity index (χ4n) is 3.68. The van der Waals surface area contributed by atoms with Crippen LogP contribution in [0.15, 0.2) is 28.8 Å². The third kappa shape index (κ3) is 2.79. The lowest BCUT2D eigenvalue weighted by molar-refractivity contribution is -0.136. The molecule has 0 radical (unpaired) electrons. The standard InChI is InChI=1S/C18H20N4O3/c1-2-16-20-17(21-25-16)14-8-5-9-22(14)18(24)12-10-15(23)19-13-7-4-3-6-11(12)13/h3-4,6-7,12,14H,2,5,8-10H2,1H3,(H,19,23).